The molecule has 0 unspecified atom stereocenters. The van der Waals surface area contributed by atoms with Crippen LogP contribution >= 0.6 is 0 Å². The van der Waals surface area contributed by atoms with Crippen LogP contribution in [-0.2, 0) is 0 Å². The average Bonchev–Trinajstić information content (AvgIpc) is 2.91. The fraction of sp³-hybridized carbons (Fsp3) is 0.240. The molecule has 3 aromatic rings. The second-order valence-corrected chi connectivity index (χ2v) is 7.64. The largest absolute Gasteiger partial charge is 0.493 e. The minimum atomic E-state index is -1.82. The molecule has 194 valence electrons. The van der Waals surface area contributed by atoms with Crippen molar-refractivity contribution in [1.82, 2.24) is 9.88 Å². The van der Waals surface area contributed by atoms with Crippen molar-refractivity contribution in [3.63, 3.8) is 0 Å². The summed E-state index contributed by atoms with van der Waals surface area (Å²) in [7, 11) is 4.36. The van der Waals surface area contributed by atoms with Crippen molar-refractivity contribution >= 4 is 5.91 Å². The Kier molecular flexibility index (Phi) is 8.73. The van der Waals surface area contributed by atoms with Crippen molar-refractivity contribution in [2.45, 2.75) is 6.10 Å². The van der Waals surface area contributed by atoms with Crippen molar-refractivity contribution in [3.05, 3.63) is 65.2 Å². The van der Waals surface area contributed by atoms with Crippen molar-refractivity contribution in [2.75, 3.05) is 34.6 Å². The van der Waals surface area contributed by atoms with Gasteiger partial charge in [-0.1, -0.05) is 6.07 Å². The molecule has 0 saturated heterocycles. The minimum Gasteiger partial charge on any atom is -0.493 e. The summed E-state index contributed by atoms with van der Waals surface area (Å²) >= 11 is 0. The smallest absolute Gasteiger partial charge is 0.263 e. The van der Waals surface area contributed by atoms with Gasteiger partial charge in [-0.2, -0.15) is 19.0 Å². The fourth-order valence-electron chi connectivity index (χ4n) is 2.98. The third-order valence-corrected chi connectivity index (χ3v) is 4.81. The van der Waals surface area contributed by atoms with Crippen molar-refractivity contribution in [3.8, 4) is 40.8 Å². The van der Waals surface area contributed by atoms with E-state index in [9.17, 15) is 13.6 Å². The molecule has 2 aromatic carbocycles. The van der Waals surface area contributed by atoms with Crippen molar-refractivity contribution < 1.29 is 41.3 Å². The number of hydrogen-bond acceptors (Lipinski definition) is 7. The molecule has 0 bridgehead atoms. The molecule has 0 aliphatic rings. The second kappa shape index (κ2) is 11.9. The highest BCUT2D eigenvalue weighted by Crippen LogP contribution is 2.40. The van der Waals surface area contributed by atoms with E-state index >= 15 is 8.78 Å². The van der Waals surface area contributed by atoms with Gasteiger partial charge < -0.3 is 23.8 Å². The molecule has 0 aliphatic heterocycles. The van der Waals surface area contributed by atoms with E-state index in [-0.39, 0.29) is 34.3 Å². The van der Waals surface area contributed by atoms with Gasteiger partial charge in [0.1, 0.15) is 19.1 Å². The number of pyridine rings is 1. The van der Waals surface area contributed by atoms with Crippen LogP contribution in [0, 0.1) is 23.0 Å². The molecule has 12 heteroatoms. The quantitative estimate of drug-likeness (QED) is 0.339. The number of halogens is 4. The number of rotatable bonds is 10. The van der Waals surface area contributed by atoms with E-state index < -0.39 is 48.6 Å². The maximum Gasteiger partial charge on any atom is 0.263 e. The standard InChI is InChI=1S/C25H21F4N3O5/c1-32(2)25(33)15-5-4-6-16(10-15)36-23-20(28)22(35-17(11-26)12-27)21(29)24(31-23)37-19-9-14(13-30)7-8-18(19)34-3/h4-10,17H,11-12H2,1-3H3. The van der Waals surface area contributed by atoms with Crippen molar-refractivity contribution in [1.29, 1.82) is 5.26 Å². The summed E-state index contributed by atoms with van der Waals surface area (Å²) < 4.78 is 77.6. The van der Waals surface area contributed by atoms with Crippen LogP contribution in [0.4, 0.5) is 17.6 Å². The Labute approximate surface area is 209 Å². The summed E-state index contributed by atoms with van der Waals surface area (Å²) in [4.78, 5) is 17.3. The maximum atomic E-state index is 15.2. The molecule has 0 saturated carbocycles. The van der Waals surface area contributed by atoms with Gasteiger partial charge in [-0.05, 0) is 30.3 Å². The molecule has 0 spiro atoms. The predicted molar refractivity (Wildman–Crippen MR) is 123 cm³/mol. The lowest BCUT2D eigenvalue weighted by Gasteiger charge is -2.18. The maximum absolute atomic E-state index is 15.2. The Bertz CT molecular complexity index is 1330. The lowest BCUT2D eigenvalue weighted by molar-refractivity contribution is 0.0827. The highest BCUT2D eigenvalue weighted by Gasteiger charge is 2.28. The van der Waals surface area contributed by atoms with E-state index in [0.717, 1.165) is 0 Å². The number of nitriles is 1. The Morgan fingerprint density at radius 3 is 2.30 bits per heavy atom. The molecule has 3 rings (SSSR count). The lowest BCUT2D eigenvalue weighted by Crippen LogP contribution is -2.23. The summed E-state index contributed by atoms with van der Waals surface area (Å²) in [6.45, 7) is -2.76. The first kappa shape index (κ1) is 27.1. The van der Waals surface area contributed by atoms with Gasteiger partial charge in [-0.15, -0.1) is 0 Å². The van der Waals surface area contributed by atoms with Crippen LogP contribution in [0.15, 0.2) is 42.5 Å². The molecule has 1 aromatic heterocycles. The number of amides is 1. The number of benzene rings is 2. The van der Waals surface area contributed by atoms with Crippen molar-refractivity contribution in [2.24, 2.45) is 0 Å². The topological polar surface area (TPSA) is 93.9 Å². The summed E-state index contributed by atoms with van der Waals surface area (Å²) in [5.41, 5.74) is 0.328. The van der Waals surface area contributed by atoms with Crippen LogP contribution in [0.3, 0.4) is 0 Å². The molecule has 8 nitrogen and oxygen atoms in total. The third kappa shape index (κ3) is 6.19. The zero-order valence-corrected chi connectivity index (χ0v) is 19.9. The molecule has 0 N–H and O–H groups in total. The number of ether oxygens (including phenoxy) is 4. The molecular formula is C25H21F4N3O5. The van der Waals surface area contributed by atoms with Crippen LogP contribution in [0.1, 0.15) is 15.9 Å². The minimum absolute atomic E-state index is 0.0563. The van der Waals surface area contributed by atoms with E-state index in [4.69, 9.17) is 24.2 Å². The molecule has 0 fully saturated rings. The first-order valence-corrected chi connectivity index (χ1v) is 10.7. The first-order chi connectivity index (χ1) is 17.7. The van der Waals surface area contributed by atoms with E-state index in [1.807, 2.05) is 6.07 Å². The van der Waals surface area contributed by atoms with Gasteiger partial charge in [0.2, 0.25) is 17.4 Å². The number of hydrogen-bond donors (Lipinski definition) is 0. The Balaban J connectivity index is 2.11. The summed E-state index contributed by atoms with van der Waals surface area (Å²) in [5.74, 6) is -6.49. The fourth-order valence-corrected chi connectivity index (χ4v) is 2.98. The van der Waals surface area contributed by atoms with Gasteiger partial charge in [0.05, 0.1) is 18.7 Å². The van der Waals surface area contributed by atoms with Gasteiger partial charge in [-0.25, -0.2) is 8.78 Å². The molecule has 0 atom stereocenters. The zero-order valence-electron chi connectivity index (χ0n) is 19.9. The van der Waals surface area contributed by atoms with Gasteiger partial charge in [0, 0.05) is 25.7 Å². The zero-order chi connectivity index (χ0) is 27.1. The lowest BCUT2D eigenvalue weighted by atomic mass is 10.2. The predicted octanol–water partition coefficient (Wildman–Crippen LogP) is 5.21. The normalized spacial score (nSPS) is 10.6. The van der Waals surface area contributed by atoms with E-state index in [1.165, 1.54) is 68.6 Å². The molecule has 37 heavy (non-hydrogen) atoms. The molecule has 1 amide bonds. The Hall–Kier alpha value is -4.53. The van der Waals surface area contributed by atoms with Gasteiger partial charge in [0.25, 0.3) is 17.7 Å². The summed E-state index contributed by atoms with van der Waals surface area (Å²) in [6.07, 6.45) is -1.82. The molecule has 0 radical (unpaired) electrons. The van der Waals surface area contributed by atoms with Crippen LogP contribution in [0.2, 0.25) is 0 Å². The highest BCUT2D eigenvalue weighted by molar-refractivity contribution is 5.94. The summed E-state index contributed by atoms with van der Waals surface area (Å²) in [5, 5.41) is 9.16. The van der Waals surface area contributed by atoms with E-state index in [0.29, 0.717) is 0 Å². The molecule has 0 aliphatic carbocycles. The SMILES string of the molecule is COc1ccc(C#N)cc1Oc1nc(Oc2cccc(C(=O)N(C)C)c2)c(F)c(OC(CF)CF)c1F. The first-order valence-electron chi connectivity index (χ1n) is 10.7. The van der Waals surface area contributed by atoms with Gasteiger partial charge in [-0.3, -0.25) is 4.79 Å². The number of carbonyl (C=O) groups excluding carboxylic acids is 1. The second-order valence-electron chi connectivity index (χ2n) is 7.64. The van der Waals surface area contributed by atoms with Crippen LogP contribution in [0.25, 0.3) is 0 Å². The monoisotopic (exact) mass is 519 g/mol. The number of alkyl halides is 2. The van der Waals surface area contributed by atoms with Crippen LogP contribution in [0.5, 0.6) is 34.8 Å². The Morgan fingerprint density at radius 2 is 1.70 bits per heavy atom. The number of methoxy groups -OCH3 is 1. The Morgan fingerprint density at radius 1 is 1.03 bits per heavy atom. The number of carbonyl (C=O) groups is 1. The summed E-state index contributed by atoms with van der Waals surface area (Å²) in [6, 6.07) is 11.5. The number of nitrogens with zero attached hydrogens (tertiary/aromatic N) is 3. The van der Waals surface area contributed by atoms with E-state index in [2.05, 4.69) is 4.98 Å². The average molecular weight is 519 g/mol. The molecular weight excluding hydrogens is 498 g/mol. The highest BCUT2D eigenvalue weighted by atomic mass is 19.1. The third-order valence-electron chi connectivity index (χ3n) is 4.81. The van der Waals surface area contributed by atoms with E-state index in [1.54, 1.807) is 0 Å². The van der Waals surface area contributed by atoms with Crippen LogP contribution < -0.4 is 18.9 Å². The van der Waals surface area contributed by atoms with Gasteiger partial charge >= 0.3 is 0 Å². The number of aromatic nitrogens is 1. The van der Waals surface area contributed by atoms with Gasteiger partial charge in [0.15, 0.2) is 17.6 Å². The van der Waals surface area contributed by atoms with Crippen LogP contribution in [-0.4, -0.2) is 56.4 Å². The molecule has 1 heterocycles.